The number of nitrogens with one attached hydrogen (secondary N) is 2. The Hall–Kier alpha value is -3.24. The highest BCUT2D eigenvalue weighted by molar-refractivity contribution is 7.89. The van der Waals surface area contributed by atoms with Crippen molar-refractivity contribution in [3.63, 3.8) is 0 Å². The lowest BCUT2D eigenvalue weighted by Crippen LogP contribution is -2.61. The topological polar surface area (TPSA) is 122 Å². The molecule has 1 saturated carbocycles. The molecule has 2 aromatic rings. The van der Waals surface area contributed by atoms with Crippen LogP contribution in [0.1, 0.15) is 48.5 Å². The smallest absolute Gasteiger partial charge is 0.338 e. The molecule has 0 saturated heterocycles. The number of ether oxygens (including phenoxy) is 1. The van der Waals surface area contributed by atoms with Crippen molar-refractivity contribution in [1.29, 1.82) is 0 Å². The summed E-state index contributed by atoms with van der Waals surface area (Å²) in [6.07, 6.45) is 2.67. The highest BCUT2D eigenvalue weighted by Crippen LogP contribution is 2.45. The lowest BCUT2D eigenvalue weighted by Gasteiger charge is -2.44. The molecule has 0 unspecified atom stereocenters. The van der Waals surface area contributed by atoms with E-state index in [9.17, 15) is 22.8 Å². The van der Waals surface area contributed by atoms with Crippen molar-refractivity contribution in [2.24, 2.45) is 0 Å². The molecule has 1 heterocycles. The zero-order valence-corrected chi connectivity index (χ0v) is 19.9. The van der Waals surface area contributed by atoms with E-state index in [1.807, 2.05) is 0 Å². The number of fused-ring (bicyclic) bond motifs is 1. The number of anilines is 2. The van der Waals surface area contributed by atoms with Gasteiger partial charge in [0.25, 0.3) is 11.8 Å². The third-order valence-corrected chi connectivity index (χ3v) is 7.87. The quantitative estimate of drug-likeness (QED) is 0.607. The zero-order valence-electron chi connectivity index (χ0n) is 19.1. The number of nitrogens with zero attached hydrogens (tertiary/aromatic N) is 1. The molecule has 0 aromatic heterocycles. The number of esters is 1. The SMILES string of the molecule is CCNS(=O)(=O)c1ccc(C)c(C(=O)OCC(=O)N2c3ccccc3NC(=O)C23CCCC3)c1. The fraction of sp³-hybridized carbons (Fsp3) is 0.375. The van der Waals surface area contributed by atoms with Gasteiger partial charge in [-0.3, -0.25) is 14.5 Å². The van der Waals surface area contributed by atoms with Gasteiger partial charge in [-0.1, -0.05) is 38.0 Å². The van der Waals surface area contributed by atoms with E-state index in [2.05, 4.69) is 10.0 Å². The van der Waals surface area contributed by atoms with Crippen LogP contribution in [0.15, 0.2) is 47.4 Å². The van der Waals surface area contributed by atoms with Crippen molar-refractivity contribution in [1.82, 2.24) is 4.72 Å². The van der Waals surface area contributed by atoms with Crippen molar-refractivity contribution in [2.75, 3.05) is 23.4 Å². The van der Waals surface area contributed by atoms with Crippen LogP contribution < -0.4 is 14.9 Å². The normalized spacial score (nSPS) is 16.8. The lowest BCUT2D eigenvalue weighted by molar-refractivity contribution is -0.129. The summed E-state index contributed by atoms with van der Waals surface area (Å²) in [5.74, 6) is -1.55. The number of hydrogen-bond acceptors (Lipinski definition) is 6. The van der Waals surface area contributed by atoms with Gasteiger partial charge < -0.3 is 10.1 Å². The van der Waals surface area contributed by atoms with Crippen molar-refractivity contribution < 1.29 is 27.5 Å². The van der Waals surface area contributed by atoms with Gasteiger partial charge in [-0.25, -0.2) is 17.9 Å². The van der Waals surface area contributed by atoms with Crippen LogP contribution in [0.5, 0.6) is 0 Å². The highest BCUT2D eigenvalue weighted by atomic mass is 32.2. The fourth-order valence-electron chi connectivity index (χ4n) is 4.66. The Labute approximate surface area is 198 Å². The number of para-hydroxylation sites is 2. The Morgan fingerprint density at radius 1 is 1.15 bits per heavy atom. The largest absolute Gasteiger partial charge is 0.452 e. The van der Waals surface area contributed by atoms with E-state index in [-0.39, 0.29) is 22.9 Å². The minimum atomic E-state index is -3.76. The molecule has 1 aliphatic heterocycles. The van der Waals surface area contributed by atoms with Crippen LogP contribution >= 0.6 is 0 Å². The van der Waals surface area contributed by atoms with Gasteiger partial charge in [0.2, 0.25) is 10.0 Å². The third kappa shape index (κ3) is 4.19. The van der Waals surface area contributed by atoms with Crippen LogP contribution in [-0.2, 0) is 24.3 Å². The number of carbonyl (C=O) groups is 3. The standard InChI is InChI=1S/C24H27N3O6S/c1-3-25-34(31,32)17-11-10-16(2)18(14-17)22(29)33-15-21(28)27-20-9-5-4-8-19(20)26-23(30)24(27)12-6-7-13-24/h4-5,8-11,14,25H,3,6-7,12-13,15H2,1-2H3,(H,26,30). The average molecular weight is 486 g/mol. The molecule has 2 aromatic carbocycles. The predicted octanol–water partition coefficient (Wildman–Crippen LogP) is 2.75. The average Bonchev–Trinajstić information content (AvgIpc) is 3.28. The summed E-state index contributed by atoms with van der Waals surface area (Å²) >= 11 is 0. The summed E-state index contributed by atoms with van der Waals surface area (Å²) in [5, 5.41) is 2.90. The maximum atomic E-state index is 13.4. The Morgan fingerprint density at radius 2 is 1.85 bits per heavy atom. The molecule has 9 nitrogen and oxygen atoms in total. The minimum absolute atomic E-state index is 0.0548. The second-order valence-electron chi connectivity index (χ2n) is 8.49. The minimum Gasteiger partial charge on any atom is -0.452 e. The number of carbonyl (C=O) groups excluding carboxylic acids is 3. The molecule has 0 bridgehead atoms. The highest BCUT2D eigenvalue weighted by Gasteiger charge is 2.52. The molecule has 2 amide bonds. The summed E-state index contributed by atoms with van der Waals surface area (Å²) in [6, 6.07) is 11.2. The van der Waals surface area contributed by atoms with Crippen LogP contribution in [0.25, 0.3) is 0 Å². The molecule has 34 heavy (non-hydrogen) atoms. The molecule has 4 rings (SSSR count). The summed E-state index contributed by atoms with van der Waals surface area (Å²) < 4.78 is 32.3. The Morgan fingerprint density at radius 3 is 2.56 bits per heavy atom. The van der Waals surface area contributed by atoms with Gasteiger partial charge >= 0.3 is 5.97 Å². The Bertz CT molecular complexity index is 1250. The Balaban J connectivity index is 1.58. The number of sulfonamides is 1. The van der Waals surface area contributed by atoms with Gasteiger partial charge in [0.05, 0.1) is 21.8 Å². The van der Waals surface area contributed by atoms with E-state index < -0.39 is 34.0 Å². The first-order valence-corrected chi connectivity index (χ1v) is 12.7. The van der Waals surface area contributed by atoms with Crippen molar-refractivity contribution in [3.8, 4) is 0 Å². The molecule has 0 atom stereocenters. The molecule has 1 fully saturated rings. The van der Waals surface area contributed by atoms with E-state index in [1.54, 1.807) is 38.1 Å². The molecular formula is C24H27N3O6S. The van der Waals surface area contributed by atoms with Crippen molar-refractivity contribution in [2.45, 2.75) is 50.0 Å². The first-order chi connectivity index (χ1) is 16.2. The summed E-state index contributed by atoms with van der Waals surface area (Å²) in [4.78, 5) is 40.6. The van der Waals surface area contributed by atoms with Gasteiger partial charge in [-0.05, 0) is 49.6 Å². The van der Waals surface area contributed by atoms with E-state index >= 15 is 0 Å². The maximum absolute atomic E-state index is 13.4. The van der Waals surface area contributed by atoms with Crippen LogP contribution in [0, 0.1) is 6.92 Å². The van der Waals surface area contributed by atoms with Crippen LogP contribution in [0.3, 0.4) is 0 Å². The first-order valence-electron chi connectivity index (χ1n) is 11.2. The maximum Gasteiger partial charge on any atom is 0.338 e. The van der Waals surface area contributed by atoms with E-state index in [0.29, 0.717) is 29.8 Å². The lowest BCUT2D eigenvalue weighted by atomic mass is 9.90. The van der Waals surface area contributed by atoms with Gasteiger partial charge in [0, 0.05) is 6.54 Å². The molecule has 180 valence electrons. The summed E-state index contributed by atoms with van der Waals surface area (Å²) in [6.45, 7) is 2.94. The van der Waals surface area contributed by atoms with Gasteiger partial charge in [-0.2, -0.15) is 0 Å². The molecular weight excluding hydrogens is 458 g/mol. The number of rotatable bonds is 6. The van der Waals surface area contributed by atoms with Gasteiger partial charge in [0.1, 0.15) is 5.54 Å². The van der Waals surface area contributed by atoms with Gasteiger partial charge in [-0.15, -0.1) is 0 Å². The van der Waals surface area contributed by atoms with Crippen molar-refractivity contribution in [3.05, 3.63) is 53.6 Å². The van der Waals surface area contributed by atoms with Gasteiger partial charge in [0.15, 0.2) is 6.61 Å². The summed E-state index contributed by atoms with van der Waals surface area (Å²) in [5.41, 5.74) is 0.664. The van der Waals surface area contributed by atoms with E-state index in [0.717, 1.165) is 12.8 Å². The number of aryl methyl sites for hydroxylation is 1. The number of hydrogen-bond donors (Lipinski definition) is 2. The molecule has 1 aliphatic carbocycles. The number of benzene rings is 2. The molecule has 2 aliphatic rings. The predicted molar refractivity (Wildman–Crippen MR) is 126 cm³/mol. The fourth-order valence-corrected chi connectivity index (χ4v) is 5.73. The first kappa shape index (κ1) is 23.9. The van der Waals surface area contributed by atoms with Crippen LogP contribution in [-0.4, -0.2) is 44.9 Å². The molecule has 0 radical (unpaired) electrons. The third-order valence-electron chi connectivity index (χ3n) is 6.32. The van der Waals surface area contributed by atoms with Crippen molar-refractivity contribution >= 4 is 39.2 Å². The second-order valence-corrected chi connectivity index (χ2v) is 10.3. The number of amides is 2. The zero-order chi connectivity index (χ0) is 24.5. The molecule has 1 spiro atoms. The van der Waals surface area contributed by atoms with Crippen LogP contribution in [0.2, 0.25) is 0 Å². The summed E-state index contributed by atoms with van der Waals surface area (Å²) in [7, 11) is -3.76. The Kier molecular flexibility index (Phi) is 6.46. The molecule has 2 N–H and O–H groups in total. The monoisotopic (exact) mass is 485 g/mol. The van der Waals surface area contributed by atoms with E-state index in [4.69, 9.17) is 4.74 Å². The van der Waals surface area contributed by atoms with E-state index in [1.165, 1.54) is 23.1 Å². The molecule has 10 heteroatoms. The second kappa shape index (κ2) is 9.19. The van der Waals surface area contributed by atoms with Crippen LogP contribution in [0.4, 0.5) is 11.4 Å².